The third kappa shape index (κ3) is 3.12. The Balaban J connectivity index is 2.08. The summed E-state index contributed by atoms with van der Waals surface area (Å²) in [5, 5.41) is 6.62. The summed E-state index contributed by atoms with van der Waals surface area (Å²) in [6.07, 6.45) is 6.20. The lowest BCUT2D eigenvalue weighted by Crippen LogP contribution is -2.10. The van der Waals surface area contributed by atoms with Gasteiger partial charge in [-0.25, -0.2) is 9.97 Å². The Morgan fingerprint density at radius 1 is 1.17 bits per heavy atom. The molecular formula is C14H24N4. The zero-order chi connectivity index (χ0) is 13.0. The summed E-state index contributed by atoms with van der Waals surface area (Å²) in [5.41, 5.74) is 1.12. The van der Waals surface area contributed by atoms with Gasteiger partial charge in [0.2, 0.25) is 0 Å². The predicted octanol–water partition coefficient (Wildman–Crippen LogP) is 3.31. The first-order valence-corrected chi connectivity index (χ1v) is 7.06. The second-order valence-corrected chi connectivity index (χ2v) is 5.06. The third-order valence-corrected chi connectivity index (χ3v) is 3.42. The van der Waals surface area contributed by atoms with Crippen LogP contribution in [0.15, 0.2) is 0 Å². The molecule has 0 unspecified atom stereocenters. The zero-order valence-electron chi connectivity index (χ0n) is 11.7. The highest BCUT2D eigenvalue weighted by atomic mass is 15.1. The SMILES string of the molecule is CCCCCNc1nc(C2CC2)nc(NC)c1C. The van der Waals surface area contributed by atoms with Gasteiger partial charge in [-0.1, -0.05) is 19.8 Å². The van der Waals surface area contributed by atoms with Gasteiger partial charge in [-0.3, -0.25) is 0 Å². The number of nitrogens with zero attached hydrogens (tertiary/aromatic N) is 2. The van der Waals surface area contributed by atoms with E-state index < -0.39 is 0 Å². The summed E-state index contributed by atoms with van der Waals surface area (Å²) in [4.78, 5) is 9.27. The number of unbranched alkanes of at least 4 members (excludes halogenated alkanes) is 2. The molecule has 4 heteroatoms. The van der Waals surface area contributed by atoms with Crippen molar-refractivity contribution in [3.8, 4) is 0 Å². The van der Waals surface area contributed by atoms with Gasteiger partial charge in [-0.2, -0.15) is 0 Å². The maximum absolute atomic E-state index is 4.68. The smallest absolute Gasteiger partial charge is 0.136 e. The Kier molecular flexibility index (Phi) is 4.39. The van der Waals surface area contributed by atoms with Gasteiger partial charge in [-0.15, -0.1) is 0 Å². The average Bonchev–Trinajstić information content (AvgIpc) is 3.20. The molecule has 1 aliphatic rings. The lowest BCUT2D eigenvalue weighted by Gasteiger charge is -2.13. The highest BCUT2D eigenvalue weighted by Gasteiger charge is 2.28. The van der Waals surface area contributed by atoms with Gasteiger partial charge in [0.05, 0.1) is 0 Å². The molecule has 0 saturated heterocycles. The average molecular weight is 248 g/mol. The van der Waals surface area contributed by atoms with Gasteiger partial charge in [0.1, 0.15) is 17.5 Å². The van der Waals surface area contributed by atoms with E-state index in [2.05, 4.69) is 34.4 Å². The first-order chi connectivity index (χ1) is 8.76. The minimum absolute atomic E-state index is 0.592. The van der Waals surface area contributed by atoms with Gasteiger partial charge >= 0.3 is 0 Å². The van der Waals surface area contributed by atoms with Crippen LogP contribution in [0.4, 0.5) is 11.6 Å². The molecule has 2 rings (SSSR count). The van der Waals surface area contributed by atoms with Crippen molar-refractivity contribution in [3.05, 3.63) is 11.4 Å². The summed E-state index contributed by atoms with van der Waals surface area (Å²) in [7, 11) is 1.92. The monoisotopic (exact) mass is 248 g/mol. The number of aromatic nitrogens is 2. The molecule has 2 N–H and O–H groups in total. The Morgan fingerprint density at radius 2 is 1.89 bits per heavy atom. The molecular weight excluding hydrogens is 224 g/mol. The quantitative estimate of drug-likeness (QED) is 0.727. The molecule has 0 bridgehead atoms. The maximum atomic E-state index is 4.68. The summed E-state index contributed by atoms with van der Waals surface area (Å²) in [6, 6.07) is 0. The van der Waals surface area contributed by atoms with Crippen LogP contribution in [0, 0.1) is 6.92 Å². The van der Waals surface area contributed by atoms with E-state index in [9.17, 15) is 0 Å². The molecule has 18 heavy (non-hydrogen) atoms. The number of rotatable bonds is 7. The topological polar surface area (TPSA) is 49.8 Å². The van der Waals surface area contributed by atoms with E-state index in [1.165, 1.54) is 32.1 Å². The molecule has 1 saturated carbocycles. The zero-order valence-corrected chi connectivity index (χ0v) is 11.7. The van der Waals surface area contributed by atoms with Crippen molar-refractivity contribution < 1.29 is 0 Å². The fourth-order valence-corrected chi connectivity index (χ4v) is 2.06. The van der Waals surface area contributed by atoms with Crippen molar-refractivity contribution in [1.82, 2.24) is 9.97 Å². The van der Waals surface area contributed by atoms with Crippen LogP contribution in [0.3, 0.4) is 0 Å². The molecule has 0 spiro atoms. The first kappa shape index (κ1) is 13.1. The molecule has 4 nitrogen and oxygen atoms in total. The molecule has 1 aliphatic carbocycles. The fourth-order valence-electron chi connectivity index (χ4n) is 2.06. The van der Waals surface area contributed by atoms with Crippen LogP contribution in [0.5, 0.6) is 0 Å². The number of hydrogen-bond donors (Lipinski definition) is 2. The van der Waals surface area contributed by atoms with Gasteiger partial charge in [-0.05, 0) is 26.2 Å². The minimum Gasteiger partial charge on any atom is -0.373 e. The summed E-state index contributed by atoms with van der Waals surface area (Å²) in [6.45, 7) is 5.30. The van der Waals surface area contributed by atoms with Gasteiger partial charge in [0.15, 0.2) is 0 Å². The Bertz CT molecular complexity index is 399. The minimum atomic E-state index is 0.592. The number of hydrogen-bond acceptors (Lipinski definition) is 4. The van der Waals surface area contributed by atoms with Crippen molar-refractivity contribution in [1.29, 1.82) is 0 Å². The highest BCUT2D eigenvalue weighted by molar-refractivity contribution is 5.57. The predicted molar refractivity (Wildman–Crippen MR) is 76.3 cm³/mol. The lowest BCUT2D eigenvalue weighted by atomic mass is 10.2. The largest absolute Gasteiger partial charge is 0.373 e. The summed E-state index contributed by atoms with van der Waals surface area (Å²) >= 11 is 0. The van der Waals surface area contributed by atoms with Crippen molar-refractivity contribution in [2.75, 3.05) is 24.2 Å². The molecule has 0 aliphatic heterocycles. The third-order valence-electron chi connectivity index (χ3n) is 3.42. The lowest BCUT2D eigenvalue weighted by molar-refractivity contribution is 0.740. The summed E-state index contributed by atoms with van der Waals surface area (Å²) in [5.74, 6) is 3.56. The molecule has 0 aromatic carbocycles. The highest BCUT2D eigenvalue weighted by Crippen LogP contribution is 2.39. The van der Waals surface area contributed by atoms with E-state index in [0.717, 1.165) is 29.6 Å². The summed E-state index contributed by atoms with van der Waals surface area (Å²) < 4.78 is 0. The second-order valence-electron chi connectivity index (χ2n) is 5.06. The maximum Gasteiger partial charge on any atom is 0.136 e. The van der Waals surface area contributed by atoms with Crippen LogP contribution in [-0.2, 0) is 0 Å². The Hall–Kier alpha value is -1.32. The molecule has 100 valence electrons. The Morgan fingerprint density at radius 3 is 2.50 bits per heavy atom. The number of nitrogens with one attached hydrogen (secondary N) is 2. The molecule has 1 fully saturated rings. The van der Waals surface area contributed by atoms with E-state index in [1.54, 1.807) is 0 Å². The van der Waals surface area contributed by atoms with Crippen molar-refractivity contribution in [2.24, 2.45) is 0 Å². The normalized spacial score (nSPS) is 14.6. The molecule has 0 radical (unpaired) electrons. The molecule has 1 aromatic heterocycles. The molecule has 1 heterocycles. The molecule has 0 atom stereocenters. The first-order valence-electron chi connectivity index (χ1n) is 7.06. The van der Waals surface area contributed by atoms with Crippen molar-refractivity contribution >= 4 is 11.6 Å². The molecule has 1 aromatic rings. The number of anilines is 2. The van der Waals surface area contributed by atoms with E-state index in [-0.39, 0.29) is 0 Å². The van der Waals surface area contributed by atoms with Crippen molar-refractivity contribution in [3.63, 3.8) is 0 Å². The van der Waals surface area contributed by atoms with Crippen LogP contribution < -0.4 is 10.6 Å². The van der Waals surface area contributed by atoms with Gasteiger partial charge in [0, 0.05) is 25.1 Å². The van der Waals surface area contributed by atoms with Crippen LogP contribution in [-0.4, -0.2) is 23.6 Å². The second kappa shape index (κ2) is 6.03. The van der Waals surface area contributed by atoms with Crippen LogP contribution in [0.1, 0.15) is 56.3 Å². The standard InChI is InChI=1S/C14H24N4/c1-4-5-6-9-16-13-10(2)12(15-3)17-14(18-13)11-7-8-11/h11H,4-9H2,1-3H3,(H2,15,16,17,18). The van der Waals surface area contributed by atoms with Crippen molar-refractivity contribution in [2.45, 2.75) is 51.9 Å². The fraction of sp³-hybridized carbons (Fsp3) is 0.714. The van der Waals surface area contributed by atoms with Crippen LogP contribution in [0.25, 0.3) is 0 Å². The van der Waals surface area contributed by atoms with E-state index in [4.69, 9.17) is 0 Å². The van der Waals surface area contributed by atoms with Gasteiger partial charge in [0.25, 0.3) is 0 Å². The van der Waals surface area contributed by atoms with Crippen LogP contribution >= 0.6 is 0 Å². The van der Waals surface area contributed by atoms with E-state index in [0.29, 0.717) is 5.92 Å². The van der Waals surface area contributed by atoms with E-state index in [1.807, 2.05) is 7.05 Å². The van der Waals surface area contributed by atoms with Gasteiger partial charge < -0.3 is 10.6 Å². The van der Waals surface area contributed by atoms with E-state index >= 15 is 0 Å². The van der Waals surface area contributed by atoms with Crippen LogP contribution in [0.2, 0.25) is 0 Å². The molecule has 0 amide bonds. The Labute approximate surface area is 110 Å².